The van der Waals surface area contributed by atoms with E-state index in [1.165, 1.54) is 11.0 Å². The lowest BCUT2D eigenvalue weighted by atomic mass is 9.98. The Hall–Kier alpha value is -2.62. The number of nitrogens with zero attached hydrogens (tertiary/aromatic N) is 1. The maximum absolute atomic E-state index is 14.5. The van der Waals surface area contributed by atoms with E-state index in [0.717, 1.165) is 22.4 Å². The third kappa shape index (κ3) is 3.04. The fourth-order valence-corrected chi connectivity index (χ4v) is 2.99. The van der Waals surface area contributed by atoms with Gasteiger partial charge >= 0.3 is 0 Å². The smallest absolute Gasteiger partial charge is 0.258 e. The second-order valence-electron chi connectivity index (χ2n) is 6.16. The van der Waals surface area contributed by atoms with Gasteiger partial charge in [-0.05, 0) is 61.7 Å². The maximum atomic E-state index is 14.5. The van der Waals surface area contributed by atoms with Crippen LogP contribution in [-0.4, -0.2) is 19.6 Å². The number of hydrogen-bond donors (Lipinski definition) is 0. The highest BCUT2D eigenvalue weighted by Gasteiger charge is 2.27. The minimum Gasteiger partial charge on any atom is -0.497 e. The van der Waals surface area contributed by atoms with Crippen molar-refractivity contribution >= 4 is 17.7 Å². The first-order chi connectivity index (χ1) is 11.5. The molecule has 0 saturated heterocycles. The maximum Gasteiger partial charge on any atom is 0.258 e. The van der Waals surface area contributed by atoms with E-state index in [4.69, 9.17) is 4.74 Å². The number of rotatable bonds is 3. The monoisotopic (exact) mass is 325 g/mol. The second-order valence-corrected chi connectivity index (χ2v) is 6.16. The van der Waals surface area contributed by atoms with E-state index >= 15 is 0 Å². The number of allylic oxidation sites excluding steroid dienone is 1. The van der Waals surface area contributed by atoms with Gasteiger partial charge in [-0.15, -0.1) is 0 Å². The van der Waals surface area contributed by atoms with E-state index in [9.17, 15) is 9.18 Å². The first-order valence-corrected chi connectivity index (χ1v) is 7.93. The zero-order valence-corrected chi connectivity index (χ0v) is 14.1. The molecule has 0 aromatic heterocycles. The summed E-state index contributed by atoms with van der Waals surface area (Å²) in [6, 6.07) is 10.4. The van der Waals surface area contributed by atoms with Crippen LogP contribution in [0.25, 0.3) is 6.08 Å². The Morgan fingerprint density at radius 2 is 2.00 bits per heavy atom. The molecule has 124 valence electrons. The molecule has 1 heterocycles. The fourth-order valence-electron chi connectivity index (χ4n) is 2.99. The number of ether oxygens (including phenoxy) is 1. The molecule has 0 bridgehead atoms. The highest BCUT2D eigenvalue weighted by molar-refractivity contribution is 6.08. The molecule has 3 rings (SSSR count). The van der Waals surface area contributed by atoms with E-state index in [1.54, 1.807) is 25.3 Å². The van der Waals surface area contributed by atoms with E-state index in [1.807, 2.05) is 32.1 Å². The molecule has 0 fully saturated rings. The van der Waals surface area contributed by atoms with Crippen LogP contribution in [0.15, 0.2) is 42.0 Å². The number of anilines is 1. The van der Waals surface area contributed by atoms with Crippen LogP contribution in [0, 0.1) is 5.82 Å². The van der Waals surface area contributed by atoms with Gasteiger partial charge in [0.1, 0.15) is 11.6 Å². The molecular formula is C20H20FNO2. The molecule has 2 aromatic carbocycles. The summed E-state index contributed by atoms with van der Waals surface area (Å²) in [5, 5.41) is 0. The molecular weight excluding hydrogens is 305 g/mol. The lowest BCUT2D eigenvalue weighted by Gasteiger charge is -2.29. The van der Waals surface area contributed by atoms with E-state index in [2.05, 4.69) is 0 Å². The number of carbonyl (C=O) groups is 1. The van der Waals surface area contributed by atoms with Crippen molar-refractivity contribution in [3.05, 3.63) is 64.5 Å². The number of halogens is 1. The van der Waals surface area contributed by atoms with Crippen molar-refractivity contribution in [1.29, 1.82) is 0 Å². The van der Waals surface area contributed by atoms with E-state index in [-0.39, 0.29) is 11.7 Å². The summed E-state index contributed by atoms with van der Waals surface area (Å²) in [7, 11) is 1.60. The number of hydrogen-bond acceptors (Lipinski definition) is 2. The molecule has 0 atom stereocenters. The summed E-state index contributed by atoms with van der Waals surface area (Å²) in [5.41, 5.74) is 3.77. The van der Waals surface area contributed by atoms with E-state index in [0.29, 0.717) is 24.2 Å². The van der Waals surface area contributed by atoms with Crippen molar-refractivity contribution in [2.45, 2.75) is 20.3 Å². The third-order valence-electron chi connectivity index (χ3n) is 4.11. The average Bonchev–Trinajstić information content (AvgIpc) is 2.55. The van der Waals surface area contributed by atoms with Crippen LogP contribution in [-0.2, 0) is 6.42 Å². The molecule has 0 N–H and O–H groups in total. The highest BCUT2D eigenvalue weighted by Crippen LogP contribution is 2.29. The van der Waals surface area contributed by atoms with Gasteiger partial charge < -0.3 is 9.64 Å². The first kappa shape index (κ1) is 16.2. The third-order valence-corrected chi connectivity index (χ3v) is 4.11. The molecule has 0 unspecified atom stereocenters. The standard InChI is InChI=1S/C20H20FNO2/c1-13(2)10-14-4-7-19(18(21)11-14)22-9-8-15-12-16(24-3)5-6-17(15)20(22)23/h4-7,10-12H,8-9H2,1-3H3. The number of carbonyl (C=O) groups excluding carboxylic acids is 1. The number of benzene rings is 2. The molecule has 1 amide bonds. The minimum absolute atomic E-state index is 0.173. The van der Waals surface area contributed by atoms with Crippen LogP contribution in [0.1, 0.15) is 35.3 Å². The van der Waals surface area contributed by atoms with E-state index < -0.39 is 0 Å². The normalized spacial score (nSPS) is 13.5. The number of fused-ring (bicyclic) bond motifs is 1. The summed E-state index contributed by atoms with van der Waals surface area (Å²) < 4.78 is 19.7. The number of methoxy groups -OCH3 is 1. The Balaban J connectivity index is 1.94. The van der Waals surface area contributed by atoms with Crippen molar-refractivity contribution in [1.82, 2.24) is 0 Å². The quantitative estimate of drug-likeness (QED) is 0.834. The van der Waals surface area contributed by atoms with Gasteiger partial charge in [-0.25, -0.2) is 4.39 Å². The van der Waals surface area contributed by atoms with Gasteiger partial charge in [0.05, 0.1) is 12.8 Å². The summed E-state index contributed by atoms with van der Waals surface area (Å²) in [5.74, 6) is 0.176. The molecule has 1 aliphatic rings. The van der Waals surface area contributed by atoms with Gasteiger partial charge in [0.25, 0.3) is 5.91 Å². The van der Waals surface area contributed by atoms with Crippen molar-refractivity contribution in [3.63, 3.8) is 0 Å². The highest BCUT2D eigenvalue weighted by atomic mass is 19.1. The van der Waals surface area contributed by atoms with Gasteiger partial charge in [-0.3, -0.25) is 4.79 Å². The second kappa shape index (κ2) is 6.48. The molecule has 0 aliphatic carbocycles. The molecule has 1 aliphatic heterocycles. The topological polar surface area (TPSA) is 29.5 Å². The Morgan fingerprint density at radius 1 is 1.21 bits per heavy atom. The molecule has 2 aromatic rings. The van der Waals surface area contributed by atoms with Crippen molar-refractivity contribution in [3.8, 4) is 5.75 Å². The lowest BCUT2D eigenvalue weighted by Crippen LogP contribution is -2.38. The molecule has 24 heavy (non-hydrogen) atoms. The predicted molar refractivity (Wildman–Crippen MR) is 94.1 cm³/mol. The lowest BCUT2D eigenvalue weighted by molar-refractivity contribution is 0.0979. The summed E-state index contributed by atoms with van der Waals surface area (Å²) in [4.78, 5) is 14.2. The van der Waals surface area contributed by atoms with Crippen LogP contribution >= 0.6 is 0 Å². The van der Waals surface area contributed by atoms with Crippen LogP contribution in [0.5, 0.6) is 5.75 Å². The fraction of sp³-hybridized carbons (Fsp3) is 0.250. The van der Waals surface area contributed by atoms with Crippen LogP contribution in [0.3, 0.4) is 0 Å². The Bertz CT molecular complexity index is 822. The summed E-state index contributed by atoms with van der Waals surface area (Å²) >= 11 is 0. The summed E-state index contributed by atoms with van der Waals surface area (Å²) in [6.07, 6.45) is 2.58. The predicted octanol–water partition coefficient (Wildman–Crippen LogP) is 4.46. The van der Waals surface area contributed by atoms with Crippen molar-refractivity contribution in [2.75, 3.05) is 18.6 Å². The van der Waals surface area contributed by atoms with Gasteiger partial charge in [0, 0.05) is 12.1 Å². The van der Waals surface area contributed by atoms with Gasteiger partial charge in [0.2, 0.25) is 0 Å². The van der Waals surface area contributed by atoms with Gasteiger partial charge in [0.15, 0.2) is 0 Å². The SMILES string of the molecule is COc1ccc2c(c1)CCN(c1ccc(C=C(C)C)cc1F)C2=O. The van der Waals surface area contributed by atoms with Gasteiger partial charge in [-0.1, -0.05) is 17.7 Å². The summed E-state index contributed by atoms with van der Waals surface area (Å²) in [6.45, 7) is 4.38. The molecule has 3 nitrogen and oxygen atoms in total. The zero-order valence-electron chi connectivity index (χ0n) is 14.1. The Kier molecular flexibility index (Phi) is 4.38. The zero-order chi connectivity index (χ0) is 17.3. The first-order valence-electron chi connectivity index (χ1n) is 7.93. The van der Waals surface area contributed by atoms with Crippen molar-refractivity contribution in [2.24, 2.45) is 0 Å². The van der Waals surface area contributed by atoms with Crippen LogP contribution in [0.2, 0.25) is 0 Å². The number of amides is 1. The molecule has 0 spiro atoms. The molecule has 0 saturated carbocycles. The molecule has 0 radical (unpaired) electrons. The van der Waals surface area contributed by atoms with Crippen LogP contribution < -0.4 is 9.64 Å². The largest absolute Gasteiger partial charge is 0.497 e. The minimum atomic E-state index is -0.379. The Labute approximate surface area is 141 Å². The molecule has 4 heteroatoms. The van der Waals surface area contributed by atoms with Gasteiger partial charge in [-0.2, -0.15) is 0 Å². The van der Waals surface area contributed by atoms with Crippen LogP contribution in [0.4, 0.5) is 10.1 Å². The average molecular weight is 325 g/mol. The Morgan fingerprint density at radius 3 is 2.67 bits per heavy atom. The van der Waals surface area contributed by atoms with Crippen molar-refractivity contribution < 1.29 is 13.9 Å².